The second kappa shape index (κ2) is 18.1. The van der Waals surface area contributed by atoms with E-state index in [0.29, 0.717) is 18.0 Å². The van der Waals surface area contributed by atoms with Crippen molar-refractivity contribution in [2.75, 3.05) is 6.54 Å². The molecule has 6 nitrogen and oxygen atoms in total. The third-order valence-electron chi connectivity index (χ3n) is 8.83. The van der Waals surface area contributed by atoms with Gasteiger partial charge in [0, 0.05) is 12.6 Å². The lowest BCUT2D eigenvalue weighted by Gasteiger charge is -2.46. The Bertz CT molecular complexity index is 1130. The molecule has 1 saturated carbocycles. The Kier molecular flexibility index (Phi) is 14.6. The Morgan fingerprint density at radius 1 is 0.682 bits per heavy atom. The number of ether oxygens (including phenoxy) is 2. The highest BCUT2D eigenvalue weighted by Crippen LogP contribution is 2.45. The lowest BCUT2D eigenvalue weighted by Crippen LogP contribution is -2.51. The molecular weight excluding hydrogens is 548 g/mol. The van der Waals surface area contributed by atoms with Crippen LogP contribution in [0.4, 0.5) is 9.59 Å². The Morgan fingerprint density at radius 2 is 1.16 bits per heavy atom. The zero-order valence-corrected chi connectivity index (χ0v) is 28.1. The van der Waals surface area contributed by atoms with Gasteiger partial charge in [0.15, 0.2) is 0 Å². The van der Waals surface area contributed by atoms with E-state index < -0.39 is 12.2 Å². The molecule has 2 amide bonds. The van der Waals surface area contributed by atoms with Crippen LogP contribution in [0.2, 0.25) is 0 Å². The smallest absolute Gasteiger partial charge is 0.410 e. The van der Waals surface area contributed by atoms with Crippen molar-refractivity contribution in [3.8, 4) is 11.5 Å². The van der Waals surface area contributed by atoms with Crippen molar-refractivity contribution in [2.24, 2.45) is 10.8 Å². The maximum atomic E-state index is 12.8. The van der Waals surface area contributed by atoms with Gasteiger partial charge in [0.2, 0.25) is 0 Å². The number of unbranched alkanes of at least 4 members (excludes halogenated alkanes) is 8. The first-order valence-electron chi connectivity index (χ1n) is 17.2. The maximum Gasteiger partial charge on any atom is 0.412 e. The molecule has 2 aromatic rings. The number of aryl methyl sites for hydroxylation is 2. The number of carbonyl (C=O) groups excluding carboxylic acids is 2. The molecule has 1 aliphatic carbocycles. The second-order valence-corrected chi connectivity index (χ2v) is 14.2. The third kappa shape index (κ3) is 13.3. The summed E-state index contributed by atoms with van der Waals surface area (Å²) in [7, 11) is 0. The summed E-state index contributed by atoms with van der Waals surface area (Å²) in [6.07, 6.45) is 16.4. The summed E-state index contributed by atoms with van der Waals surface area (Å²) in [5.74, 6) is 1.10. The molecule has 2 N–H and O–H groups in total. The summed E-state index contributed by atoms with van der Waals surface area (Å²) in [4.78, 5) is 25.5. The van der Waals surface area contributed by atoms with Crippen molar-refractivity contribution < 1.29 is 19.1 Å². The predicted octanol–water partition coefficient (Wildman–Crippen LogP) is 10.2. The molecule has 1 fully saturated rings. The highest BCUT2D eigenvalue weighted by atomic mass is 16.6. The molecule has 44 heavy (non-hydrogen) atoms. The molecule has 0 saturated heterocycles. The summed E-state index contributed by atoms with van der Waals surface area (Å²) >= 11 is 0. The van der Waals surface area contributed by atoms with E-state index in [0.717, 1.165) is 32.1 Å². The van der Waals surface area contributed by atoms with Crippen LogP contribution in [0.5, 0.6) is 11.5 Å². The number of hydrogen-bond donors (Lipinski definition) is 2. The van der Waals surface area contributed by atoms with Crippen LogP contribution in [0.3, 0.4) is 0 Å². The highest BCUT2D eigenvalue weighted by molar-refractivity contribution is 5.71. The third-order valence-corrected chi connectivity index (χ3v) is 8.83. The van der Waals surface area contributed by atoms with Crippen molar-refractivity contribution >= 4 is 12.2 Å². The normalized spacial score (nSPS) is 19.2. The van der Waals surface area contributed by atoms with Crippen molar-refractivity contribution in [2.45, 2.75) is 137 Å². The summed E-state index contributed by atoms with van der Waals surface area (Å²) < 4.78 is 11.2. The van der Waals surface area contributed by atoms with E-state index in [9.17, 15) is 9.59 Å². The van der Waals surface area contributed by atoms with Gasteiger partial charge in [-0.3, -0.25) is 0 Å². The SMILES string of the molecule is CCCCCCCc1ccc(OC(=O)NCC2(C)CC(NC(=O)Oc3ccc(CCCCCCC)cc3)CC(C)(C)C2)cc1. The molecule has 0 aliphatic heterocycles. The summed E-state index contributed by atoms with van der Waals surface area (Å²) in [5, 5.41) is 6.08. The van der Waals surface area contributed by atoms with Crippen molar-refractivity contribution in [1.29, 1.82) is 0 Å². The van der Waals surface area contributed by atoms with E-state index in [-0.39, 0.29) is 16.9 Å². The fourth-order valence-corrected chi connectivity index (χ4v) is 6.92. The number of hydrogen-bond acceptors (Lipinski definition) is 4. The molecule has 0 radical (unpaired) electrons. The van der Waals surface area contributed by atoms with Gasteiger partial charge in [-0.15, -0.1) is 0 Å². The van der Waals surface area contributed by atoms with Gasteiger partial charge in [0.1, 0.15) is 11.5 Å². The van der Waals surface area contributed by atoms with Crippen LogP contribution < -0.4 is 20.1 Å². The summed E-state index contributed by atoms with van der Waals surface area (Å²) in [5.41, 5.74) is 2.35. The number of rotatable bonds is 17. The Morgan fingerprint density at radius 3 is 1.66 bits per heavy atom. The number of amides is 2. The van der Waals surface area contributed by atoms with E-state index in [1.54, 1.807) is 0 Å². The molecule has 2 atom stereocenters. The van der Waals surface area contributed by atoms with E-state index in [2.05, 4.69) is 57.4 Å². The standard InChI is InChI=1S/C38H58N2O4/c1-6-8-10-12-14-16-30-18-22-33(23-19-30)43-35(41)39-29-38(5)27-32(26-37(3,4)28-38)40-36(42)44-34-24-20-31(21-25-34)17-15-13-11-9-7-2/h18-25,32H,6-17,26-29H2,1-5H3,(H,39,41)(H,40,42). The van der Waals surface area contributed by atoms with Crippen LogP contribution in [-0.4, -0.2) is 24.8 Å². The molecule has 3 rings (SSSR count). The average molecular weight is 607 g/mol. The number of benzene rings is 2. The van der Waals surface area contributed by atoms with Gasteiger partial charge < -0.3 is 20.1 Å². The quantitative estimate of drug-likeness (QED) is 0.176. The number of nitrogens with one attached hydrogen (secondary N) is 2. The minimum Gasteiger partial charge on any atom is -0.410 e. The van der Waals surface area contributed by atoms with Gasteiger partial charge in [-0.05, 0) is 91.2 Å². The van der Waals surface area contributed by atoms with E-state index in [1.165, 1.54) is 75.3 Å². The monoisotopic (exact) mass is 606 g/mol. The fraction of sp³-hybridized carbons (Fsp3) is 0.632. The van der Waals surface area contributed by atoms with Crippen LogP contribution in [0.25, 0.3) is 0 Å². The van der Waals surface area contributed by atoms with Gasteiger partial charge in [0.05, 0.1) is 0 Å². The molecule has 0 aromatic heterocycles. The van der Waals surface area contributed by atoms with Crippen molar-refractivity contribution in [3.63, 3.8) is 0 Å². The summed E-state index contributed by atoms with van der Waals surface area (Å²) in [6, 6.07) is 15.7. The lowest BCUT2D eigenvalue weighted by atomic mass is 9.62. The molecule has 2 unspecified atom stereocenters. The average Bonchev–Trinajstić information content (AvgIpc) is 2.96. The van der Waals surface area contributed by atoms with Crippen LogP contribution in [0, 0.1) is 10.8 Å². The summed E-state index contributed by atoms with van der Waals surface area (Å²) in [6.45, 7) is 11.5. The van der Waals surface area contributed by atoms with Crippen LogP contribution in [0.1, 0.15) is 129 Å². The Hall–Kier alpha value is -3.02. The minimum absolute atomic E-state index is 0.00167. The molecule has 244 valence electrons. The molecule has 0 spiro atoms. The first-order valence-corrected chi connectivity index (χ1v) is 17.2. The highest BCUT2D eigenvalue weighted by Gasteiger charge is 2.42. The van der Waals surface area contributed by atoms with Crippen LogP contribution in [-0.2, 0) is 12.8 Å². The molecule has 0 bridgehead atoms. The van der Waals surface area contributed by atoms with Crippen LogP contribution in [0.15, 0.2) is 48.5 Å². The maximum absolute atomic E-state index is 12.8. The van der Waals surface area contributed by atoms with E-state index in [1.807, 2.05) is 36.4 Å². The first kappa shape index (κ1) is 35.5. The first-order chi connectivity index (χ1) is 21.1. The zero-order valence-electron chi connectivity index (χ0n) is 28.1. The largest absolute Gasteiger partial charge is 0.412 e. The van der Waals surface area contributed by atoms with Gasteiger partial charge in [-0.25, -0.2) is 9.59 Å². The lowest BCUT2D eigenvalue weighted by molar-refractivity contribution is 0.0701. The van der Waals surface area contributed by atoms with Crippen molar-refractivity contribution in [1.82, 2.24) is 10.6 Å². The van der Waals surface area contributed by atoms with Gasteiger partial charge >= 0.3 is 12.2 Å². The predicted molar refractivity (Wildman–Crippen MR) is 181 cm³/mol. The van der Waals surface area contributed by atoms with Gasteiger partial charge in [-0.1, -0.05) is 110 Å². The van der Waals surface area contributed by atoms with Gasteiger partial charge in [-0.2, -0.15) is 0 Å². The molecule has 1 aliphatic rings. The van der Waals surface area contributed by atoms with Crippen LogP contribution >= 0.6 is 0 Å². The number of carbonyl (C=O) groups is 2. The van der Waals surface area contributed by atoms with E-state index in [4.69, 9.17) is 9.47 Å². The Labute approximate surface area is 267 Å². The topological polar surface area (TPSA) is 76.7 Å². The molecular formula is C38H58N2O4. The fourth-order valence-electron chi connectivity index (χ4n) is 6.92. The second-order valence-electron chi connectivity index (χ2n) is 14.2. The van der Waals surface area contributed by atoms with Crippen molar-refractivity contribution in [3.05, 3.63) is 59.7 Å². The molecule has 0 heterocycles. The zero-order chi connectivity index (χ0) is 31.8. The van der Waals surface area contributed by atoms with Gasteiger partial charge in [0.25, 0.3) is 0 Å². The molecule has 2 aromatic carbocycles. The van der Waals surface area contributed by atoms with E-state index >= 15 is 0 Å². The molecule has 6 heteroatoms. The Balaban J connectivity index is 1.43. The minimum atomic E-state index is -0.449.